The highest BCUT2D eigenvalue weighted by atomic mass is 16.5. The van der Waals surface area contributed by atoms with Gasteiger partial charge in [0, 0.05) is 24.5 Å². The summed E-state index contributed by atoms with van der Waals surface area (Å²) in [6.07, 6.45) is 6.03. The Morgan fingerprint density at radius 2 is 1.38 bits per heavy atom. The summed E-state index contributed by atoms with van der Waals surface area (Å²) in [5.41, 5.74) is 0. The monoisotopic (exact) mass is 174 g/mol. The van der Waals surface area contributed by atoms with Gasteiger partial charge in [0.05, 0.1) is 0 Å². The normalized spacial score (nSPS) is 9.54. The van der Waals surface area contributed by atoms with Crippen molar-refractivity contribution >= 4 is 0 Å². The van der Waals surface area contributed by atoms with Gasteiger partial charge >= 0.3 is 0 Å². The van der Waals surface area contributed by atoms with Crippen molar-refractivity contribution in [3.05, 3.63) is 37.2 Å². The van der Waals surface area contributed by atoms with Gasteiger partial charge in [-0.2, -0.15) is 0 Å². The van der Waals surface area contributed by atoms with Gasteiger partial charge in [0.15, 0.2) is 0 Å². The van der Waals surface area contributed by atoms with Gasteiger partial charge in [-0.15, -0.1) is 0 Å². The molecule has 0 unspecified atom stereocenters. The molecule has 5 nitrogen and oxygen atoms in total. The molecule has 13 heavy (non-hydrogen) atoms. The van der Waals surface area contributed by atoms with Gasteiger partial charge in [0.25, 0.3) is 0 Å². The molecule has 0 saturated heterocycles. The van der Waals surface area contributed by atoms with Crippen molar-refractivity contribution in [2.45, 2.75) is 0 Å². The topological polar surface area (TPSA) is 60.8 Å². The van der Waals surface area contributed by atoms with Crippen molar-refractivity contribution in [2.75, 3.05) is 0 Å². The van der Waals surface area contributed by atoms with E-state index in [4.69, 9.17) is 4.74 Å². The second-order valence-electron chi connectivity index (χ2n) is 2.20. The number of aromatic nitrogens is 4. The summed E-state index contributed by atoms with van der Waals surface area (Å²) < 4.78 is 5.28. The highest BCUT2D eigenvalue weighted by molar-refractivity contribution is 5.15. The summed E-state index contributed by atoms with van der Waals surface area (Å²) in [5, 5.41) is 0. The quantitative estimate of drug-likeness (QED) is 0.681. The minimum Gasteiger partial charge on any atom is -0.420 e. The first-order chi connectivity index (χ1) is 6.45. The highest BCUT2D eigenvalue weighted by Gasteiger charge is 1.96. The third-order valence-electron chi connectivity index (χ3n) is 1.32. The van der Waals surface area contributed by atoms with Crippen molar-refractivity contribution in [3.63, 3.8) is 0 Å². The van der Waals surface area contributed by atoms with Gasteiger partial charge in [-0.05, 0) is 0 Å². The summed E-state index contributed by atoms with van der Waals surface area (Å²) in [5.74, 6) is 0.933. The molecule has 64 valence electrons. The molecule has 0 bridgehead atoms. The molecular formula is C8H6N4O. The van der Waals surface area contributed by atoms with Crippen LogP contribution >= 0.6 is 0 Å². The molecule has 0 aliphatic carbocycles. The zero-order valence-electron chi connectivity index (χ0n) is 6.66. The Balaban J connectivity index is 2.16. The Kier molecular flexibility index (Phi) is 2.09. The lowest BCUT2D eigenvalue weighted by molar-refractivity contribution is 0.442. The number of hydrogen-bond donors (Lipinski definition) is 0. The molecule has 0 fully saturated rings. The van der Waals surface area contributed by atoms with E-state index in [2.05, 4.69) is 19.9 Å². The standard InChI is InChI=1S/C8H6N4O/c1-3-9-5-11-7(1)13-8-2-4-10-6-12-8/h1-6H. The molecule has 2 rings (SSSR count). The molecule has 2 aromatic heterocycles. The van der Waals surface area contributed by atoms with E-state index in [0.29, 0.717) is 11.8 Å². The molecule has 0 amide bonds. The summed E-state index contributed by atoms with van der Waals surface area (Å²) >= 11 is 0. The molecule has 5 heteroatoms. The van der Waals surface area contributed by atoms with Crippen molar-refractivity contribution < 1.29 is 4.74 Å². The first kappa shape index (κ1) is 7.60. The van der Waals surface area contributed by atoms with Crippen LogP contribution in [-0.4, -0.2) is 19.9 Å². The minimum absolute atomic E-state index is 0.466. The van der Waals surface area contributed by atoms with Crippen LogP contribution in [0.25, 0.3) is 0 Å². The predicted octanol–water partition coefficient (Wildman–Crippen LogP) is 1.06. The molecular weight excluding hydrogens is 168 g/mol. The lowest BCUT2D eigenvalue weighted by Gasteiger charge is -2.00. The smallest absolute Gasteiger partial charge is 0.224 e. The Morgan fingerprint density at radius 3 is 1.77 bits per heavy atom. The van der Waals surface area contributed by atoms with Crippen LogP contribution < -0.4 is 4.74 Å². The Bertz CT molecular complexity index is 327. The maximum absolute atomic E-state index is 5.28. The molecule has 0 aromatic carbocycles. The first-order valence-electron chi connectivity index (χ1n) is 3.65. The number of ether oxygens (including phenoxy) is 1. The maximum Gasteiger partial charge on any atom is 0.224 e. The van der Waals surface area contributed by atoms with Crippen LogP contribution in [0.3, 0.4) is 0 Å². The average Bonchev–Trinajstić information content (AvgIpc) is 2.21. The predicted molar refractivity (Wildman–Crippen MR) is 44.1 cm³/mol. The summed E-state index contributed by atoms with van der Waals surface area (Å²) in [7, 11) is 0. The van der Waals surface area contributed by atoms with E-state index in [-0.39, 0.29) is 0 Å². The van der Waals surface area contributed by atoms with Crippen LogP contribution in [0.2, 0.25) is 0 Å². The zero-order chi connectivity index (χ0) is 8.93. The molecule has 0 aliphatic rings. The molecule has 2 heterocycles. The van der Waals surface area contributed by atoms with Crippen molar-refractivity contribution in [1.29, 1.82) is 0 Å². The van der Waals surface area contributed by atoms with Crippen LogP contribution in [0.15, 0.2) is 37.2 Å². The third-order valence-corrected chi connectivity index (χ3v) is 1.32. The fraction of sp³-hybridized carbons (Fsp3) is 0. The SMILES string of the molecule is c1cc(Oc2ccncn2)ncn1. The molecule has 0 aliphatic heterocycles. The Morgan fingerprint density at radius 1 is 0.846 bits per heavy atom. The summed E-state index contributed by atoms with van der Waals surface area (Å²) in [6, 6.07) is 3.31. The second-order valence-corrected chi connectivity index (χ2v) is 2.20. The van der Waals surface area contributed by atoms with Crippen molar-refractivity contribution in [1.82, 2.24) is 19.9 Å². The van der Waals surface area contributed by atoms with E-state index in [9.17, 15) is 0 Å². The summed E-state index contributed by atoms with van der Waals surface area (Å²) in [6.45, 7) is 0. The summed E-state index contributed by atoms with van der Waals surface area (Å²) in [4.78, 5) is 15.3. The lowest BCUT2D eigenvalue weighted by Crippen LogP contribution is -1.90. The fourth-order valence-corrected chi connectivity index (χ4v) is 0.785. The molecule has 0 radical (unpaired) electrons. The average molecular weight is 174 g/mol. The maximum atomic E-state index is 5.28. The molecule has 0 spiro atoms. The van der Waals surface area contributed by atoms with Gasteiger partial charge < -0.3 is 4.74 Å². The molecule has 0 atom stereocenters. The van der Waals surface area contributed by atoms with Gasteiger partial charge in [0.2, 0.25) is 11.8 Å². The fourth-order valence-electron chi connectivity index (χ4n) is 0.785. The zero-order valence-corrected chi connectivity index (χ0v) is 6.66. The van der Waals surface area contributed by atoms with Crippen LogP contribution in [-0.2, 0) is 0 Å². The van der Waals surface area contributed by atoms with Gasteiger partial charge in [-0.25, -0.2) is 19.9 Å². The highest BCUT2D eigenvalue weighted by Crippen LogP contribution is 2.12. The molecule has 2 aromatic rings. The van der Waals surface area contributed by atoms with Gasteiger partial charge in [-0.1, -0.05) is 0 Å². The molecule has 0 N–H and O–H groups in total. The van der Waals surface area contributed by atoms with E-state index in [1.165, 1.54) is 12.7 Å². The number of rotatable bonds is 2. The number of nitrogens with zero attached hydrogens (tertiary/aromatic N) is 4. The third kappa shape index (κ3) is 1.96. The van der Waals surface area contributed by atoms with E-state index in [1.807, 2.05) is 0 Å². The van der Waals surface area contributed by atoms with E-state index < -0.39 is 0 Å². The largest absolute Gasteiger partial charge is 0.420 e. The number of hydrogen-bond acceptors (Lipinski definition) is 5. The first-order valence-corrected chi connectivity index (χ1v) is 3.65. The van der Waals surface area contributed by atoms with E-state index >= 15 is 0 Å². The van der Waals surface area contributed by atoms with Crippen LogP contribution in [0, 0.1) is 0 Å². The Hall–Kier alpha value is -2.04. The van der Waals surface area contributed by atoms with Crippen molar-refractivity contribution in [2.24, 2.45) is 0 Å². The van der Waals surface area contributed by atoms with Crippen LogP contribution in [0.4, 0.5) is 0 Å². The van der Waals surface area contributed by atoms with E-state index in [1.54, 1.807) is 24.5 Å². The van der Waals surface area contributed by atoms with Crippen LogP contribution in [0.5, 0.6) is 11.8 Å². The van der Waals surface area contributed by atoms with Gasteiger partial charge in [0.1, 0.15) is 12.7 Å². The van der Waals surface area contributed by atoms with Gasteiger partial charge in [-0.3, -0.25) is 0 Å². The van der Waals surface area contributed by atoms with Crippen LogP contribution in [0.1, 0.15) is 0 Å². The van der Waals surface area contributed by atoms with Crippen molar-refractivity contribution in [3.8, 4) is 11.8 Å². The minimum atomic E-state index is 0.466. The molecule has 0 saturated carbocycles. The lowest BCUT2D eigenvalue weighted by atomic mass is 10.6. The second kappa shape index (κ2) is 3.57. The van der Waals surface area contributed by atoms with E-state index in [0.717, 1.165) is 0 Å². The Labute approximate surface area is 74.5 Å².